The fraction of sp³-hybridized carbons (Fsp3) is 0.250. The van der Waals surface area contributed by atoms with Crippen molar-refractivity contribution < 1.29 is 0 Å². The van der Waals surface area contributed by atoms with E-state index in [2.05, 4.69) is 21.1 Å². The Morgan fingerprint density at radius 1 is 1.44 bits per heavy atom. The lowest BCUT2D eigenvalue weighted by molar-refractivity contribution is 0.730. The zero-order chi connectivity index (χ0) is 11.4. The second-order valence-electron chi connectivity index (χ2n) is 3.79. The van der Waals surface area contributed by atoms with Crippen LogP contribution in [0.5, 0.6) is 0 Å². The topological polar surface area (TPSA) is 61.7 Å². The van der Waals surface area contributed by atoms with Crippen molar-refractivity contribution in [1.82, 2.24) is 4.98 Å². The first-order chi connectivity index (χ1) is 7.79. The lowest BCUT2D eigenvalue weighted by Gasteiger charge is -2.05. The summed E-state index contributed by atoms with van der Waals surface area (Å²) in [4.78, 5) is 7.16. The molecule has 0 radical (unpaired) electrons. The zero-order valence-electron chi connectivity index (χ0n) is 9.04. The number of aromatic nitrogens is 1. The van der Waals surface area contributed by atoms with Crippen LogP contribution in [0.2, 0.25) is 0 Å². The summed E-state index contributed by atoms with van der Waals surface area (Å²) in [7, 11) is 0. The summed E-state index contributed by atoms with van der Waals surface area (Å²) in [5.74, 6) is 0. The third-order valence-corrected chi connectivity index (χ3v) is 2.43. The Bertz CT molecular complexity index is 543. The van der Waals surface area contributed by atoms with Crippen LogP contribution < -0.4 is 0 Å². The minimum atomic E-state index is -0.0343. The van der Waals surface area contributed by atoms with E-state index in [-0.39, 0.29) is 6.04 Å². The molecule has 0 unspecified atom stereocenters. The number of hydrogen-bond acceptors (Lipinski definition) is 2. The molecule has 2 aromatic rings. The van der Waals surface area contributed by atoms with Crippen LogP contribution in [0.1, 0.15) is 12.5 Å². The van der Waals surface area contributed by atoms with Crippen molar-refractivity contribution in [3.8, 4) is 0 Å². The molecule has 0 spiro atoms. The molecule has 1 aromatic carbocycles. The Labute approximate surface area is 93.6 Å². The van der Waals surface area contributed by atoms with Gasteiger partial charge in [0, 0.05) is 22.5 Å². The second kappa shape index (κ2) is 4.64. The van der Waals surface area contributed by atoms with Crippen LogP contribution >= 0.6 is 0 Å². The van der Waals surface area contributed by atoms with Gasteiger partial charge < -0.3 is 0 Å². The first-order valence-electron chi connectivity index (χ1n) is 5.17. The van der Waals surface area contributed by atoms with E-state index in [0.717, 1.165) is 22.9 Å². The maximum absolute atomic E-state index is 8.33. The third-order valence-electron chi connectivity index (χ3n) is 2.43. The summed E-state index contributed by atoms with van der Waals surface area (Å²) in [6, 6.07) is 10.0. The summed E-state index contributed by atoms with van der Waals surface area (Å²) >= 11 is 0. The highest BCUT2D eigenvalue weighted by Gasteiger charge is 2.02. The maximum Gasteiger partial charge on any atom is 0.0702 e. The number of para-hydroxylation sites is 1. The average molecular weight is 212 g/mol. The molecule has 4 nitrogen and oxygen atoms in total. The van der Waals surface area contributed by atoms with Crippen LogP contribution in [0.3, 0.4) is 0 Å². The van der Waals surface area contributed by atoms with Gasteiger partial charge in [-0.15, -0.1) is 0 Å². The largest absolute Gasteiger partial charge is 0.256 e. The molecule has 2 rings (SSSR count). The van der Waals surface area contributed by atoms with Gasteiger partial charge in [-0.1, -0.05) is 30.2 Å². The number of nitrogens with zero attached hydrogens (tertiary/aromatic N) is 4. The molecular weight excluding hydrogens is 200 g/mol. The van der Waals surface area contributed by atoms with Crippen LogP contribution in [0.4, 0.5) is 0 Å². The van der Waals surface area contributed by atoms with Gasteiger partial charge in [0.1, 0.15) is 0 Å². The van der Waals surface area contributed by atoms with Crippen molar-refractivity contribution in [1.29, 1.82) is 0 Å². The van der Waals surface area contributed by atoms with Gasteiger partial charge in [0.25, 0.3) is 0 Å². The maximum atomic E-state index is 8.33. The lowest BCUT2D eigenvalue weighted by atomic mass is 10.1. The molecule has 0 aliphatic rings. The summed E-state index contributed by atoms with van der Waals surface area (Å²) in [5, 5.41) is 4.77. The smallest absolute Gasteiger partial charge is 0.0702 e. The monoisotopic (exact) mass is 212 g/mol. The Morgan fingerprint density at radius 2 is 2.25 bits per heavy atom. The van der Waals surface area contributed by atoms with Crippen LogP contribution in [0.15, 0.2) is 41.6 Å². The van der Waals surface area contributed by atoms with E-state index in [4.69, 9.17) is 5.53 Å². The fourth-order valence-electron chi connectivity index (χ4n) is 1.70. The zero-order valence-corrected chi connectivity index (χ0v) is 9.04. The molecule has 0 N–H and O–H groups in total. The summed E-state index contributed by atoms with van der Waals surface area (Å²) in [6.07, 6.45) is 2.56. The van der Waals surface area contributed by atoms with Crippen molar-refractivity contribution >= 4 is 10.9 Å². The van der Waals surface area contributed by atoms with Crippen LogP contribution in [0, 0.1) is 0 Å². The predicted molar refractivity (Wildman–Crippen MR) is 64.1 cm³/mol. The minimum Gasteiger partial charge on any atom is -0.256 e. The molecule has 0 amide bonds. The summed E-state index contributed by atoms with van der Waals surface area (Å²) in [6.45, 7) is 1.90. The summed E-state index contributed by atoms with van der Waals surface area (Å²) in [5.41, 5.74) is 10.4. The Balaban J connectivity index is 2.29. The highest BCUT2D eigenvalue weighted by atomic mass is 15.1. The van der Waals surface area contributed by atoms with E-state index in [0.29, 0.717) is 0 Å². The fourth-order valence-corrected chi connectivity index (χ4v) is 1.70. The van der Waals surface area contributed by atoms with E-state index in [9.17, 15) is 0 Å². The van der Waals surface area contributed by atoms with E-state index < -0.39 is 0 Å². The van der Waals surface area contributed by atoms with E-state index in [1.807, 2.05) is 37.4 Å². The molecule has 0 fully saturated rings. The van der Waals surface area contributed by atoms with Crippen molar-refractivity contribution in [2.24, 2.45) is 5.11 Å². The Hall–Kier alpha value is -2.06. The highest BCUT2D eigenvalue weighted by molar-refractivity contribution is 5.78. The molecule has 1 atom stereocenters. The molecule has 0 saturated heterocycles. The van der Waals surface area contributed by atoms with Crippen LogP contribution in [-0.4, -0.2) is 11.0 Å². The average Bonchev–Trinajstić information content (AvgIpc) is 2.29. The Morgan fingerprint density at radius 3 is 3.06 bits per heavy atom. The number of azide groups is 1. The molecule has 1 aromatic heterocycles. The number of pyridine rings is 1. The van der Waals surface area contributed by atoms with E-state index >= 15 is 0 Å². The van der Waals surface area contributed by atoms with Gasteiger partial charge in [0.2, 0.25) is 0 Å². The van der Waals surface area contributed by atoms with Crippen molar-refractivity contribution in [2.45, 2.75) is 19.4 Å². The van der Waals surface area contributed by atoms with Gasteiger partial charge in [-0.2, -0.15) is 0 Å². The van der Waals surface area contributed by atoms with Gasteiger partial charge in [-0.3, -0.25) is 4.98 Å². The molecule has 4 heteroatoms. The molecule has 0 bridgehead atoms. The van der Waals surface area contributed by atoms with Crippen molar-refractivity contribution in [2.75, 3.05) is 0 Å². The summed E-state index contributed by atoms with van der Waals surface area (Å²) < 4.78 is 0. The SMILES string of the molecule is C[C@H](Cc1cnc2ccccc2c1)N=[N+]=[N-]. The van der Waals surface area contributed by atoms with E-state index in [1.54, 1.807) is 0 Å². The van der Waals surface area contributed by atoms with Gasteiger partial charge in [0.15, 0.2) is 0 Å². The standard InChI is InChI=1S/C12H12N4/c1-9(15-16-13)6-10-7-11-4-2-3-5-12(11)14-8-10/h2-5,7-9H,6H2,1H3/t9-/m1/s1. The lowest BCUT2D eigenvalue weighted by Crippen LogP contribution is -2.01. The van der Waals surface area contributed by atoms with Gasteiger partial charge in [-0.25, -0.2) is 0 Å². The number of fused-ring (bicyclic) bond motifs is 1. The van der Waals surface area contributed by atoms with Gasteiger partial charge in [0.05, 0.1) is 5.52 Å². The Kier molecular flexibility index (Phi) is 3.03. The third kappa shape index (κ3) is 2.30. The number of rotatable bonds is 3. The molecule has 1 heterocycles. The van der Waals surface area contributed by atoms with Crippen LogP contribution in [0.25, 0.3) is 21.3 Å². The van der Waals surface area contributed by atoms with Crippen molar-refractivity contribution in [3.63, 3.8) is 0 Å². The molecule has 80 valence electrons. The van der Waals surface area contributed by atoms with Gasteiger partial charge in [-0.05, 0) is 29.6 Å². The molecule has 0 aliphatic carbocycles. The minimum absolute atomic E-state index is 0.0343. The normalized spacial score (nSPS) is 12.1. The first-order valence-corrected chi connectivity index (χ1v) is 5.17. The highest BCUT2D eigenvalue weighted by Crippen LogP contribution is 2.14. The van der Waals surface area contributed by atoms with Gasteiger partial charge >= 0.3 is 0 Å². The molecule has 16 heavy (non-hydrogen) atoms. The second-order valence-corrected chi connectivity index (χ2v) is 3.79. The number of benzene rings is 1. The quantitative estimate of drug-likeness (QED) is 0.436. The predicted octanol–water partition coefficient (Wildman–Crippen LogP) is 3.48. The van der Waals surface area contributed by atoms with Crippen LogP contribution in [-0.2, 0) is 6.42 Å². The molecule has 0 aliphatic heterocycles. The molecular formula is C12H12N4. The van der Waals surface area contributed by atoms with E-state index in [1.165, 1.54) is 0 Å². The molecule has 0 saturated carbocycles. The van der Waals surface area contributed by atoms with Crippen molar-refractivity contribution in [3.05, 3.63) is 52.5 Å². The number of hydrogen-bond donors (Lipinski definition) is 0. The first kappa shape index (κ1) is 10.5.